The lowest BCUT2D eigenvalue weighted by Crippen LogP contribution is -2.14. The van der Waals surface area contributed by atoms with Gasteiger partial charge >= 0.3 is 0 Å². The van der Waals surface area contributed by atoms with Gasteiger partial charge in [-0.1, -0.05) is 66.8 Å². The number of benzene rings is 3. The maximum absolute atomic E-state index is 12.5. The standard InChI is InChI=1S/C23H18N2O3S2/c1-2-30(27,28)16-11-9-14(10-12-16)13-19(26)24-23-25-21-17-7-3-5-15-6-4-8-18(20(15)17)22(21)29-23/h3-12H,2,13H2,1H3,(H,24,25,26). The molecule has 0 spiro atoms. The molecule has 0 saturated heterocycles. The van der Waals surface area contributed by atoms with Crippen LogP contribution in [0.4, 0.5) is 5.13 Å². The molecule has 0 unspecified atom stereocenters. The first-order chi connectivity index (χ1) is 14.5. The Kier molecular flexibility index (Phi) is 4.45. The van der Waals surface area contributed by atoms with Gasteiger partial charge in [-0.15, -0.1) is 0 Å². The van der Waals surface area contributed by atoms with E-state index in [2.05, 4.69) is 34.6 Å². The molecular formula is C23H18N2O3S2. The normalized spacial score (nSPS) is 12.2. The van der Waals surface area contributed by atoms with Gasteiger partial charge in [-0.2, -0.15) is 0 Å². The number of hydrogen-bond donors (Lipinski definition) is 1. The van der Waals surface area contributed by atoms with Crippen molar-refractivity contribution in [3.8, 4) is 21.7 Å². The molecule has 4 aromatic rings. The van der Waals surface area contributed by atoms with E-state index in [1.54, 1.807) is 31.2 Å². The Morgan fingerprint density at radius 2 is 1.70 bits per heavy atom. The van der Waals surface area contributed by atoms with Gasteiger partial charge in [-0.3, -0.25) is 4.79 Å². The summed E-state index contributed by atoms with van der Waals surface area (Å²) in [4.78, 5) is 18.5. The van der Waals surface area contributed by atoms with Gasteiger partial charge in [0.15, 0.2) is 15.0 Å². The lowest BCUT2D eigenvalue weighted by atomic mass is 10.0. The van der Waals surface area contributed by atoms with Crippen LogP contribution in [-0.2, 0) is 21.1 Å². The highest BCUT2D eigenvalue weighted by atomic mass is 32.2. The third-order valence-corrected chi connectivity index (χ3v) is 8.06. The number of aromatic nitrogens is 1. The number of nitrogens with one attached hydrogen (secondary N) is 1. The summed E-state index contributed by atoms with van der Waals surface area (Å²) in [5.41, 5.74) is 3.92. The zero-order valence-electron chi connectivity index (χ0n) is 16.2. The molecule has 1 aliphatic rings. The number of hydrogen-bond acceptors (Lipinski definition) is 5. The summed E-state index contributed by atoms with van der Waals surface area (Å²) < 4.78 is 23.8. The molecule has 0 bridgehead atoms. The van der Waals surface area contributed by atoms with Crippen LogP contribution in [-0.4, -0.2) is 25.1 Å². The third-order valence-electron chi connectivity index (χ3n) is 5.31. The fraction of sp³-hybridized carbons (Fsp3) is 0.130. The summed E-state index contributed by atoms with van der Waals surface area (Å²) in [6.45, 7) is 1.61. The Hall–Kier alpha value is -3.03. The number of sulfone groups is 1. The summed E-state index contributed by atoms with van der Waals surface area (Å²) in [7, 11) is -3.24. The highest BCUT2D eigenvalue weighted by molar-refractivity contribution is 7.91. The summed E-state index contributed by atoms with van der Waals surface area (Å²) in [5, 5.41) is 5.87. The van der Waals surface area contributed by atoms with Gasteiger partial charge in [0, 0.05) is 11.1 Å². The number of thiazole rings is 1. The second-order valence-corrected chi connectivity index (χ2v) is 10.5. The van der Waals surface area contributed by atoms with Crippen LogP contribution in [0.1, 0.15) is 12.5 Å². The molecule has 1 amide bonds. The van der Waals surface area contributed by atoms with E-state index >= 15 is 0 Å². The second kappa shape index (κ2) is 7.04. The molecule has 1 N–H and O–H groups in total. The summed E-state index contributed by atoms with van der Waals surface area (Å²) in [6, 6.07) is 18.9. The van der Waals surface area contributed by atoms with Crippen molar-refractivity contribution < 1.29 is 13.2 Å². The van der Waals surface area contributed by atoms with Crippen molar-refractivity contribution in [3.63, 3.8) is 0 Å². The van der Waals surface area contributed by atoms with E-state index in [-0.39, 0.29) is 23.0 Å². The van der Waals surface area contributed by atoms with Crippen molar-refractivity contribution in [2.75, 3.05) is 11.1 Å². The number of nitrogens with zero attached hydrogens (tertiary/aromatic N) is 1. The average Bonchev–Trinajstić information content (AvgIpc) is 3.28. The maximum Gasteiger partial charge on any atom is 0.230 e. The van der Waals surface area contributed by atoms with Crippen molar-refractivity contribution in [1.82, 2.24) is 4.98 Å². The first-order valence-electron chi connectivity index (χ1n) is 9.61. The first kappa shape index (κ1) is 19.0. The predicted molar refractivity (Wildman–Crippen MR) is 121 cm³/mol. The minimum atomic E-state index is -3.24. The van der Waals surface area contributed by atoms with Crippen LogP contribution >= 0.6 is 11.3 Å². The number of amides is 1. The van der Waals surface area contributed by atoms with E-state index in [1.807, 2.05) is 12.1 Å². The van der Waals surface area contributed by atoms with Gasteiger partial charge in [0.2, 0.25) is 5.91 Å². The predicted octanol–water partition coefficient (Wildman–Crippen LogP) is 4.92. The maximum atomic E-state index is 12.5. The molecule has 150 valence electrons. The average molecular weight is 435 g/mol. The highest BCUT2D eigenvalue weighted by Gasteiger charge is 2.26. The topological polar surface area (TPSA) is 76.1 Å². The Labute approximate surface area is 178 Å². The quantitative estimate of drug-likeness (QED) is 0.426. The van der Waals surface area contributed by atoms with Crippen LogP contribution in [0.2, 0.25) is 0 Å². The van der Waals surface area contributed by atoms with Gasteiger partial charge in [0.25, 0.3) is 0 Å². The van der Waals surface area contributed by atoms with Crippen LogP contribution in [0, 0.1) is 0 Å². The summed E-state index contributed by atoms with van der Waals surface area (Å²) >= 11 is 1.48. The molecule has 7 heteroatoms. The number of anilines is 1. The zero-order chi connectivity index (χ0) is 20.9. The molecule has 5 rings (SSSR count). The summed E-state index contributed by atoms with van der Waals surface area (Å²) in [5.74, 6) is -0.127. The smallest absolute Gasteiger partial charge is 0.230 e. The van der Waals surface area contributed by atoms with Crippen LogP contribution in [0.5, 0.6) is 0 Å². The molecule has 1 heterocycles. The van der Waals surface area contributed by atoms with E-state index in [9.17, 15) is 13.2 Å². The highest BCUT2D eigenvalue weighted by Crippen LogP contribution is 2.50. The number of carbonyl (C=O) groups is 1. The van der Waals surface area contributed by atoms with Gasteiger partial charge < -0.3 is 5.32 Å². The fourth-order valence-electron chi connectivity index (χ4n) is 3.80. The first-order valence-corrected chi connectivity index (χ1v) is 12.1. The van der Waals surface area contributed by atoms with E-state index in [4.69, 9.17) is 0 Å². The largest absolute Gasteiger partial charge is 0.302 e. The molecule has 0 fully saturated rings. The molecular weight excluding hydrogens is 416 g/mol. The van der Waals surface area contributed by atoms with Crippen LogP contribution in [0.25, 0.3) is 32.5 Å². The van der Waals surface area contributed by atoms with Gasteiger partial charge in [0.1, 0.15) is 0 Å². The van der Waals surface area contributed by atoms with Crippen molar-refractivity contribution in [3.05, 3.63) is 66.2 Å². The minimum absolute atomic E-state index is 0.0540. The van der Waals surface area contributed by atoms with Crippen molar-refractivity contribution in [1.29, 1.82) is 0 Å². The number of carbonyl (C=O) groups excluding carboxylic acids is 1. The molecule has 1 aromatic heterocycles. The van der Waals surface area contributed by atoms with Gasteiger partial charge in [-0.05, 0) is 28.5 Å². The van der Waals surface area contributed by atoms with Gasteiger partial charge in [-0.25, -0.2) is 13.4 Å². The molecule has 3 aromatic carbocycles. The molecule has 5 nitrogen and oxygen atoms in total. The zero-order valence-corrected chi connectivity index (χ0v) is 17.8. The minimum Gasteiger partial charge on any atom is -0.302 e. The third kappa shape index (κ3) is 3.11. The van der Waals surface area contributed by atoms with Crippen LogP contribution in [0.3, 0.4) is 0 Å². The van der Waals surface area contributed by atoms with Crippen molar-refractivity contribution >= 4 is 43.0 Å². The SMILES string of the molecule is CCS(=O)(=O)c1ccc(CC(=O)Nc2nc3c(s2)-c2cccc4cccc-3c24)cc1. The number of rotatable bonds is 5. The second-order valence-electron chi connectivity index (χ2n) is 7.18. The number of fused-ring (bicyclic) bond motifs is 3. The van der Waals surface area contributed by atoms with Crippen molar-refractivity contribution in [2.45, 2.75) is 18.2 Å². The van der Waals surface area contributed by atoms with E-state index in [0.29, 0.717) is 5.13 Å². The Bertz CT molecular complexity index is 1350. The Morgan fingerprint density at radius 1 is 1.00 bits per heavy atom. The molecule has 1 aliphatic carbocycles. The Balaban J connectivity index is 1.35. The molecule has 0 saturated carbocycles. The van der Waals surface area contributed by atoms with E-state index in [0.717, 1.165) is 27.3 Å². The monoisotopic (exact) mass is 434 g/mol. The van der Waals surface area contributed by atoms with Crippen molar-refractivity contribution in [2.24, 2.45) is 0 Å². The van der Waals surface area contributed by atoms with E-state index in [1.165, 1.54) is 22.1 Å². The van der Waals surface area contributed by atoms with Gasteiger partial charge in [0.05, 0.1) is 27.6 Å². The molecule has 0 atom stereocenters. The lowest BCUT2D eigenvalue weighted by Gasteiger charge is -2.05. The molecule has 0 aliphatic heterocycles. The lowest BCUT2D eigenvalue weighted by molar-refractivity contribution is -0.115. The molecule has 0 radical (unpaired) electrons. The Morgan fingerprint density at radius 3 is 2.40 bits per heavy atom. The summed E-state index contributed by atoms with van der Waals surface area (Å²) in [6.07, 6.45) is 0.156. The van der Waals surface area contributed by atoms with Crippen LogP contribution in [0.15, 0.2) is 65.6 Å². The van der Waals surface area contributed by atoms with E-state index < -0.39 is 9.84 Å². The fourth-order valence-corrected chi connectivity index (χ4v) is 5.71. The van der Waals surface area contributed by atoms with Crippen LogP contribution < -0.4 is 5.32 Å². The molecule has 30 heavy (non-hydrogen) atoms.